The average Bonchev–Trinajstić information content (AvgIpc) is 2.45. The van der Waals surface area contributed by atoms with Crippen LogP contribution in [-0.4, -0.2) is 0 Å². The summed E-state index contributed by atoms with van der Waals surface area (Å²) in [5.74, 6) is 0.731. The third kappa shape index (κ3) is 11.1. The quantitative estimate of drug-likeness (QED) is 0.319. The van der Waals surface area contributed by atoms with Crippen molar-refractivity contribution in [2.24, 2.45) is 11.3 Å². The molecule has 1 unspecified atom stereocenters. The van der Waals surface area contributed by atoms with Crippen LogP contribution in [0.15, 0.2) is 23.8 Å². The summed E-state index contributed by atoms with van der Waals surface area (Å²) < 4.78 is 0. The van der Waals surface area contributed by atoms with Crippen LogP contribution in [0.5, 0.6) is 0 Å². The first-order chi connectivity index (χ1) is 10.3. The summed E-state index contributed by atoms with van der Waals surface area (Å²) >= 11 is 0. The lowest BCUT2D eigenvalue weighted by Gasteiger charge is -2.24. The fourth-order valence-electron chi connectivity index (χ4n) is 3.02. The van der Waals surface area contributed by atoms with Gasteiger partial charge in [0, 0.05) is 0 Å². The molecule has 0 nitrogen and oxygen atoms in total. The molecule has 0 radical (unpaired) electrons. The SMILES string of the molecule is C=C(CCC(C)(C)C)C(CCC)CCC(=CCC)CCCC. The van der Waals surface area contributed by atoms with Gasteiger partial charge in [-0.2, -0.15) is 0 Å². The predicted octanol–water partition coefficient (Wildman–Crippen LogP) is 8.09. The number of hydrogen-bond acceptors (Lipinski definition) is 0. The van der Waals surface area contributed by atoms with Gasteiger partial charge >= 0.3 is 0 Å². The van der Waals surface area contributed by atoms with Crippen LogP contribution in [0, 0.1) is 11.3 Å². The third-order valence-corrected chi connectivity index (χ3v) is 4.57. The molecule has 0 saturated heterocycles. The molecule has 0 aliphatic heterocycles. The van der Waals surface area contributed by atoms with Crippen molar-refractivity contribution in [2.45, 2.75) is 106 Å². The van der Waals surface area contributed by atoms with Crippen molar-refractivity contribution in [3.05, 3.63) is 23.8 Å². The molecule has 1 atom stereocenters. The van der Waals surface area contributed by atoms with Crippen molar-refractivity contribution in [3.63, 3.8) is 0 Å². The van der Waals surface area contributed by atoms with E-state index in [9.17, 15) is 0 Å². The normalized spacial score (nSPS) is 14.2. The zero-order valence-electron chi connectivity index (χ0n) is 16.4. The molecule has 0 aromatic heterocycles. The zero-order valence-corrected chi connectivity index (χ0v) is 16.4. The lowest BCUT2D eigenvalue weighted by molar-refractivity contribution is 0.364. The minimum absolute atomic E-state index is 0.425. The van der Waals surface area contributed by atoms with E-state index in [0.717, 1.165) is 5.92 Å². The number of hydrogen-bond donors (Lipinski definition) is 0. The maximum absolute atomic E-state index is 4.44. The van der Waals surface area contributed by atoms with Crippen molar-refractivity contribution >= 4 is 0 Å². The molecule has 0 bridgehead atoms. The lowest BCUT2D eigenvalue weighted by atomic mass is 9.82. The highest BCUT2D eigenvalue weighted by atomic mass is 14.2. The van der Waals surface area contributed by atoms with Gasteiger partial charge in [0.25, 0.3) is 0 Å². The van der Waals surface area contributed by atoms with E-state index in [1.165, 1.54) is 69.8 Å². The molecule has 0 N–H and O–H groups in total. The Morgan fingerprint density at radius 2 is 1.64 bits per heavy atom. The predicted molar refractivity (Wildman–Crippen MR) is 103 cm³/mol. The first-order valence-corrected chi connectivity index (χ1v) is 9.69. The molecule has 0 aromatic carbocycles. The molecule has 0 rings (SSSR count). The van der Waals surface area contributed by atoms with Crippen LogP contribution >= 0.6 is 0 Å². The van der Waals surface area contributed by atoms with E-state index in [4.69, 9.17) is 0 Å². The van der Waals surface area contributed by atoms with Crippen LogP contribution < -0.4 is 0 Å². The van der Waals surface area contributed by atoms with Crippen molar-refractivity contribution in [1.29, 1.82) is 0 Å². The van der Waals surface area contributed by atoms with E-state index in [2.05, 4.69) is 54.2 Å². The van der Waals surface area contributed by atoms with Crippen molar-refractivity contribution in [2.75, 3.05) is 0 Å². The minimum Gasteiger partial charge on any atom is -0.0996 e. The summed E-state index contributed by atoms with van der Waals surface area (Å²) in [7, 11) is 0. The molecule has 0 amide bonds. The van der Waals surface area contributed by atoms with E-state index in [1.54, 1.807) is 5.57 Å². The Bertz CT molecular complexity index is 313. The fraction of sp³-hybridized carbons (Fsp3) is 0.818. The third-order valence-electron chi connectivity index (χ3n) is 4.57. The lowest BCUT2D eigenvalue weighted by Crippen LogP contribution is -2.09. The molecule has 0 heteroatoms. The second-order valence-corrected chi connectivity index (χ2v) is 8.12. The Hall–Kier alpha value is -0.520. The Balaban J connectivity index is 4.48. The minimum atomic E-state index is 0.425. The molecule has 0 saturated carbocycles. The summed E-state index contributed by atoms with van der Waals surface area (Å²) in [5, 5.41) is 0. The highest BCUT2D eigenvalue weighted by Crippen LogP contribution is 2.31. The highest BCUT2D eigenvalue weighted by molar-refractivity contribution is 5.06. The Morgan fingerprint density at radius 1 is 0.955 bits per heavy atom. The molecule has 0 fully saturated rings. The molecule has 130 valence electrons. The standard InChI is InChI=1S/C22H42/c1-8-11-14-20(12-9-2)15-16-21(13-10-3)19(4)17-18-22(5,6)7/h12,21H,4,8-11,13-18H2,1-3,5-7H3. The van der Waals surface area contributed by atoms with Crippen molar-refractivity contribution < 1.29 is 0 Å². The van der Waals surface area contributed by atoms with Crippen LogP contribution in [-0.2, 0) is 0 Å². The second kappa shape index (κ2) is 12.0. The van der Waals surface area contributed by atoms with Gasteiger partial charge in [-0.15, -0.1) is 0 Å². The number of allylic oxidation sites excluding steroid dienone is 3. The van der Waals surface area contributed by atoms with Gasteiger partial charge in [-0.1, -0.05) is 78.2 Å². The topological polar surface area (TPSA) is 0 Å². The van der Waals surface area contributed by atoms with E-state index in [-0.39, 0.29) is 0 Å². The van der Waals surface area contributed by atoms with Gasteiger partial charge in [0.2, 0.25) is 0 Å². The summed E-state index contributed by atoms with van der Waals surface area (Å²) in [5.41, 5.74) is 3.62. The van der Waals surface area contributed by atoms with Gasteiger partial charge in [-0.05, 0) is 62.7 Å². The first kappa shape index (κ1) is 21.5. The van der Waals surface area contributed by atoms with E-state index in [0.29, 0.717) is 5.41 Å². The van der Waals surface area contributed by atoms with E-state index in [1.807, 2.05) is 0 Å². The van der Waals surface area contributed by atoms with Crippen LogP contribution in [0.4, 0.5) is 0 Å². The van der Waals surface area contributed by atoms with Crippen LogP contribution in [0.3, 0.4) is 0 Å². The molecule has 0 spiro atoms. The van der Waals surface area contributed by atoms with Crippen molar-refractivity contribution in [3.8, 4) is 0 Å². The fourth-order valence-corrected chi connectivity index (χ4v) is 3.02. The summed E-state index contributed by atoms with van der Waals surface area (Å²) in [6.45, 7) is 18.3. The number of unbranched alkanes of at least 4 members (excludes halogenated alkanes) is 1. The van der Waals surface area contributed by atoms with Crippen molar-refractivity contribution in [1.82, 2.24) is 0 Å². The molecule has 0 heterocycles. The van der Waals surface area contributed by atoms with E-state index < -0.39 is 0 Å². The Kier molecular flexibility index (Phi) is 11.7. The summed E-state index contributed by atoms with van der Waals surface area (Å²) in [6.07, 6.45) is 15.3. The second-order valence-electron chi connectivity index (χ2n) is 8.12. The summed E-state index contributed by atoms with van der Waals surface area (Å²) in [6, 6.07) is 0. The van der Waals surface area contributed by atoms with Crippen LogP contribution in [0.25, 0.3) is 0 Å². The zero-order chi connectivity index (χ0) is 17.0. The summed E-state index contributed by atoms with van der Waals surface area (Å²) in [4.78, 5) is 0. The van der Waals surface area contributed by atoms with Gasteiger partial charge in [-0.25, -0.2) is 0 Å². The van der Waals surface area contributed by atoms with Gasteiger partial charge < -0.3 is 0 Å². The molecule has 0 aliphatic rings. The Labute approximate surface area is 141 Å². The largest absolute Gasteiger partial charge is 0.0996 e. The maximum Gasteiger partial charge on any atom is -0.0203 e. The smallest absolute Gasteiger partial charge is 0.0203 e. The van der Waals surface area contributed by atoms with E-state index >= 15 is 0 Å². The van der Waals surface area contributed by atoms with Crippen LogP contribution in [0.2, 0.25) is 0 Å². The molecular formula is C22H42. The number of rotatable bonds is 12. The van der Waals surface area contributed by atoms with Gasteiger partial charge in [0.15, 0.2) is 0 Å². The average molecular weight is 307 g/mol. The monoisotopic (exact) mass is 306 g/mol. The molecular weight excluding hydrogens is 264 g/mol. The first-order valence-electron chi connectivity index (χ1n) is 9.69. The van der Waals surface area contributed by atoms with Gasteiger partial charge in [0.1, 0.15) is 0 Å². The molecule has 0 aliphatic carbocycles. The molecule has 22 heavy (non-hydrogen) atoms. The maximum atomic E-state index is 4.44. The van der Waals surface area contributed by atoms with Crippen LogP contribution in [0.1, 0.15) is 106 Å². The van der Waals surface area contributed by atoms with Gasteiger partial charge in [0.05, 0.1) is 0 Å². The molecule has 0 aromatic rings. The Morgan fingerprint density at radius 3 is 2.14 bits per heavy atom. The highest BCUT2D eigenvalue weighted by Gasteiger charge is 2.16. The van der Waals surface area contributed by atoms with Gasteiger partial charge in [-0.3, -0.25) is 0 Å².